The lowest BCUT2D eigenvalue weighted by Crippen LogP contribution is -2.50. The highest BCUT2D eigenvalue weighted by molar-refractivity contribution is 7.80. The zero-order valence-corrected chi connectivity index (χ0v) is 16.4. The molecule has 0 radical (unpaired) electrons. The van der Waals surface area contributed by atoms with Gasteiger partial charge in [-0.2, -0.15) is 13.2 Å². The average molecular weight is 415 g/mol. The van der Waals surface area contributed by atoms with Crippen LogP contribution in [0.1, 0.15) is 5.56 Å². The molecular weight excluding hydrogens is 395 g/mol. The molecule has 29 heavy (non-hydrogen) atoms. The standard InChI is InChI=1S/C22H20F3N3S/c23-22(24,25)17-7-4-8-18(15-17)27-11-13-28(14-12-27)21(29)26-20-10-3-6-16-5-1-2-9-19(16)20/h1-10,15H,11-14H2,(H,26,29). The summed E-state index contributed by atoms with van der Waals surface area (Å²) in [6, 6.07) is 19.6. The Morgan fingerprint density at radius 1 is 0.862 bits per heavy atom. The third-order valence-corrected chi connectivity index (χ3v) is 5.50. The molecule has 1 aliphatic rings. The van der Waals surface area contributed by atoms with Gasteiger partial charge in [-0.25, -0.2) is 0 Å². The molecule has 3 nitrogen and oxygen atoms in total. The summed E-state index contributed by atoms with van der Waals surface area (Å²) in [5.74, 6) is 0. The number of anilines is 2. The van der Waals surface area contributed by atoms with Gasteiger partial charge in [0.05, 0.1) is 5.56 Å². The molecule has 7 heteroatoms. The molecule has 3 aromatic rings. The second kappa shape index (κ2) is 7.91. The highest BCUT2D eigenvalue weighted by atomic mass is 32.1. The molecule has 1 saturated heterocycles. The van der Waals surface area contributed by atoms with Crippen LogP contribution in [-0.2, 0) is 6.18 Å². The van der Waals surface area contributed by atoms with Crippen molar-refractivity contribution in [3.63, 3.8) is 0 Å². The number of nitrogens with one attached hydrogen (secondary N) is 1. The Balaban J connectivity index is 1.41. The molecule has 1 fully saturated rings. The fraction of sp³-hybridized carbons (Fsp3) is 0.227. The molecule has 0 amide bonds. The summed E-state index contributed by atoms with van der Waals surface area (Å²) >= 11 is 5.59. The van der Waals surface area contributed by atoms with Crippen molar-refractivity contribution >= 4 is 39.5 Å². The van der Waals surface area contributed by atoms with Gasteiger partial charge in [-0.05, 0) is 41.9 Å². The summed E-state index contributed by atoms with van der Waals surface area (Å²) in [5, 5.41) is 6.19. The van der Waals surface area contributed by atoms with Crippen LogP contribution in [0.2, 0.25) is 0 Å². The highest BCUT2D eigenvalue weighted by Gasteiger charge is 2.31. The monoisotopic (exact) mass is 415 g/mol. The van der Waals surface area contributed by atoms with E-state index in [9.17, 15) is 13.2 Å². The molecule has 150 valence electrons. The Hall–Kier alpha value is -2.80. The van der Waals surface area contributed by atoms with E-state index in [0.29, 0.717) is 37.0 Å². The van der Waals surface area contributed by atoms with Crippen molar-refractivity contribution in [1.29, 1.82) is 0 Å². The normalized spacial score (nSPS) is 14.9. The number of fused-ring (bicyclic) bond motifs is 1. The molecule has 0 unspecified atom stereocenters. The Labute approximate surface area is 172 Å². The van der Waals surface area contributed by atoms with Crippen LogP contribution in [0.3, 0.4) is 0 Å². The molecule has 0 bridgehead atoms. The van der Waals surface area contributed by atoms with E-state index in [2.05, 4.69) is 22.3 Å². The Morgan fingerprint density at radius 2 is 1.55 bits per heavy atom. The van der Waals surface area contributed by atoms with E-state index in [1.165, 1.54) is 12.1 Å². The molecule has 1 aliphatic heterocycles. The van der Waals surface area contributed by atoms with Crippen molar-refractivity contribution in [1.82, 2.24) is 4.90 Å². The fourth-order valence-corrected chi connectivity index (χ4v) is 3.87. The van der Waals surface area contributed by atoms with Gasteiger partial charge in [0.1, 0.15) is 0 Å². The van der Waals surface area contributed by atoms with E-state index >= 15 is 0 Å². The Kier molecular flexibility index (Phi) is 5.32. The number of piperazine rings is 1. The second-order valence-corrected chi connectivity index (χ2v) is 7.37. The molecule has 4 rings (SSSR count). The van der Waals surface area contributed by atoms with Gasteiger partial charge < -0.3 is 15.1 Å². The maximum atomic E-state index is 13.0. The number of nitrogens with zero attached hydrogens (tertiary/aromatic N) is 2. The third-order valence-electron chi connectivity index (χ3n) is 5.14. The number of hydrogen-bond acceptors (Lipinski definition) is 2. The van der Waals surface area contributed by atoms with Gasteiger partial charge in [0.25, 0.3) is 0 Å². The number of hydrogen-bond donors (Lipinski definition) is 1. The van der Waals surface area contributed by atoms with E-state index in [-0.39, 0.29) is 0 Å². The number of rotatable bonds is 2. The molecule has 3 aromatic carbocycles. The minimum absolute atomic E-state index is 0.590. The van der Waals surface area contributed by atoms with Crippen LogP contribution in [-0.4, -0.2) is 36.2 Å². The molecule has 0 aliphatic carbocycles. The van der Waals surface area contributed by atoms with Crippen molar-refractivity contribution in [2.75, 3.05) is 36.4 Å². The number of thiocarbonyl (C=S) groups is 1. The van der Waals surface area contributed by atoms with Crippen molar-refractivity contribution in [3.8, 4) is 0 Å². The summed E-state index contributed by atoms with van der Waals surface area (Å²) in [5.41, 5.74) is 0.923. The lowest BCUT2D eigenvalue weighted by Gasteiger charge is -2.37. The van der Waals surface area contributed by atoms with Crippen molar-refractivity contribution in [3.05, 3.63) is 72.3 Å². The van der Waals surface area contributed by atoms with Crippen molar-refractivity contribution in [2.24, 2.45) is 0 Å². The first-order valence-electron chi connectivity index (χ1n) is 9.38. The highest BCUT2D eigenvalue weighted by Crippen LogP contribution is 2.32. The molecule has 0 spiro atoms. The maximum Gasteiger partial charge on any atom is 0.416 e. The van der Waals surface area contributed by atoms with Crippen LogP contribution in [0.15, 0.2) is 66.7 Å². The van der Waals surface area contributed by atoms with Gasteiger partial charge in [0.15, 0.2) is 5.11 Å². The van der Waals surface area contributed by atoms with E-state index in [4.69, 9.17) is 12.2 Å². The lowest BCUT2D eigenvalue weighted by molar-refractivity contribution is -0.137. The molecule has 0 aromatic heterocycles. The van der Waals surface area contributed by atoms with E-state index < -0.39 is 11.7 Å². The Morgan fingerprint density at radius 3 is 2.31 bits per heavy atom. The predicted octanol–water partition coefficient (Wildman–Crippen LogP) is 5.38. The number of alkyl halides is 3. The van der Waals surface area contributed by atoms with Crippen LogP contribution in [0, 0.1) is 0 Å². The van der Waals surface area contributed by atoms with E-state index in [1.54, 1.807) is 6.07 Å². The van der Waals surface area contributed by atoms with Gasteiger partial charge in [0.2, 0.25) is 0 Å². The summed E-state index contributed by atoms with van der Waals surface area (Å²) < 4.78 is 38.9. The van der Waals surface area contributed by atoms with Crippen LogP contribution in [0.25, 0.3) is 10.8 Å². The smallest absolute Gasteiger partial charge is 0.368 e. The average Bonchev–Trinajstić information content (AvgIpc) is 2.73. The lowest BCUT2D eigenvalue weighted by atomic mass is 10.1. The second-order valence-electron chi connectivity index (χ2n) is 6.98. The SMILES string of the molecule is FC(F)(F)c1cccc(N2CCN(C(=S)Nc3cccc4ccccc34)CC2)c1. The predicted molar refractivity (Wildman–Crippen MR) is 115 cm³/mol. The molecule has 0 saturated carbocycles. The minimum atomic E-state index is -4.33. The fourth-order valence-electron chi connectivity index (χ4n) is 3.58. The Bertz CT molecular complexity index is 1020. The topological polar surface area (TPSA) is 18.5 Å². The van der Waals surface area contributed by atoms with Gasteiger partial charge in [-0.15, -0.1) is 0 Å². The van der Waals surface area contributed by atoms with E-state index in [0.717, 1.165) is 22.5 Å². The van der Waals surface area contributed by atoms with E-state index in [1.807, 2.05) is 35.2 Å². The quantitative estimate of drug-likeness (QED) is 0.567. The first-order valence-corrected chi connectivity index (χ1v) is 9.78. The minimum Gasteiger partial charge on any atom is -0.368 e. The molecule has 0 atom stereocenters. The molecule has 1 N–H and O–H groups in total. The summed E-state index contributed by atoms with van der Waals surface area (Å²) in [4.78, 5) is 4.02. The van der Waals surface area contributed by atoms with Crippen molar-refractivity contribution in [2.45, 2.75) is 6.18 Å². The van der Waals surface area contributed by atoms with Crippen LogP contribution in [0.4, 0.5) is 24.5 Å². The number of benzene rings is 3. The third kappa shape index (κ3) is 4.29. The first kappa shape index (κ1) is 19.5. The zero-order chi connectivity index (χ0) is 20.4. The largest absolute Gasteiger partial charge is 0.416 e. The van der Waals surface area contributed by atoms with Crippen LogP contribution >= 0.6 is 12.2 Å². The van der Waals surface area contributed by atoms with Crippen molar-refractivity contribution < 1.29 is 13.2 Å². The van der Waals surface area contributed by atoms with Gasteiger partial charge in [-0.3, -0.25) is 0 Å². The molecule has 1 heterocycles. The first-order chi connectivity index (χ1) is 13.9. The summed E-state index contributed by atoms with van der Waals surface area (Å²) in [6.45, 7) is 2.51. The number of halogens is 3. The van der Waals surface area contributed by atoms with Gasteiger partial charge >= 0.3 is 6.18 Å². The maximum absolute atomic E-state index is 13.0. The summed E-state index contributed by atoms with van der Waals surface area (Å²) in [7, 11) is 0. The summed E-state index contributed by atoms with van der Waals surface area (Å²) in [6.07, 6.45) is -4.33. The van der Waals surface area contributed by atoms with Gasteiger partial charge in [0, 0.05) is 42.9 Å². The van der Waals surface area contributed by atoms with Gasteiger partial charge in [-0.1, -0.05) is 42.5 Å². The van der Waals surface area contributed by atoms with Crippen LogP contribution < -0.4 is 10.2 Å². The molecular formula is C22H20F3N3S. The zero-order valence-electron chi connectivity index (χ0n) is 15.6. The van der Waals surface area contributed by atoms with Crippen LogP contribution in [0.5, 0.6) is 0 Å².